The molecule has 2 rings (SSSR count). The summed E-state index contributed by atoms with van der Waals surface area (Å²) < 4.78 is 0. The van der Waals surface area contributed by atoms with Gasteiger partial charge in [-0.25, -0.2) is 0 Å². The molecule has 0 unspecified atom stereocenters. The van der Waals surface area contributed by atoms with Gasteiger partial charge in [-0.1, -0.05) is 11.8 Å². The largest absolute Gasteiger partial charge is 0.360 e. The summed E-state index contributed by atoms with van der Waals surface area (Å²) in [5.41, 5.74) is 1.51. The second-order valence-electron chi connectivity index (χ2n) is 4.36. The molecule has 1 aromatic heterocycles. The Labute approximate surface area is 99.2 Å². The Hall–Kier alpha value is -0.480. The van der Waals surface area contributed by atoms with E-state index in [9.17, 15) is 0 Å². The quantitative estimate of drug-likeness (QED) is 0.859. The van der Waals surface area contributed by atoms with E-state index in [-0.39, 0.29) is 5.54 Å². The van der Waals surface area contributed by atoms with Crippen molar-refractivity contribution in [2.75, 3.05) is 5.75 Å². The maximum Gasteiger partial charge on any atom is 0.157 e. The molecule has 1 fully saturated rings. The fourth-order valence-electron chi connectivity index (χ4n) is 1.42. The van der Waals surface area contributed by atoms with Gasteiger partial charge in [0.05, 0.1) is 6.54 Å². The van der Waals surface area contributed by atoms with E-state index < -0.39 is 0 Å². The molecule has 0 aromatic carbocycles. The van der Waals surface area contributed by atoms with Crippen molar-refractivity contribution < 1.29 is 0 Å². The highest BCUT2D eigenvalue weighted by atomic mass is 32.2. The summed E-state index contributed by atoms with van der Waals surface area (Å²) in [6, 6.07) is 2.13. The van der Waals surface area contributed by atoms with E-state index in [2.05, 4.69) is 41.0 Å². The van der Waals surface area contributed by atoms with Gasteiger partial charge in [0, 0.05) is 11.3 Å². The zero-order valence-electron chi connectivity index (χ0n) is 9.12. The Bertz CT molecular complexity index is 341. The highest BCUT2D eigenvalue weighted by Crippen LogP contribution is 2.22. The molecular weight excluding hydrogens is 224 g/mol. The van der Waals surface area contributed by atoms with Crippen LogP contribution in [-0.2, 0) is 6.54 Å². The number of rotatable bonds is 2. The first kappa shape index (κ1) is 11.0. The van der Waals surface area contributed by atoms with Crippen LogP contribution in [0.4, 0.5) is 0 Å². The summed E-state index contributed by atoms with van der Waals surface area (Å²) in [5, 5.41) is 8.82. The van der Waals surface area contributed by atoms with E-state index in [1.165, 1.54) is 17.7 Å². The van der Waals surface area contributed by atoms with Crippen molar-refractivity contribution in [1.29, 1.82) is 0 Å². The average molecular weight is 240 g/mol. The lowest BCUT2D eigenvalue weighted by Crippen LogP contribution is -2.46. The van der Waals surface area contributed by atoms with Gasteiger partial charge in [0.15, 0.2) is 5.17 Å². The van der Waals surface area contributed by atoms with Crippen LogP contribution >= 0.6 is 23.1 Å². The number of nitrogens with one attached hydrogen (secondary N) is 1. The van der Waals surface area contributed by atoms with Gasteiger partial charge in [-0.3, -0.25) is 4.99 Å². The maximum atomic E-state index is 4.60. The zero-order chi connectivity index (χ0) is 10.7. The third-order valence-corrected chi connectivity index (χ3v) is 4.04. The van der Waals surface area contributed by atoms with Crippen LogP contribution in [0.5, 0.6) is 0 Å². The summed E-state index contributed by atoms with van der Waals surface area (Å²) in [5.74, 6) is 1.17. The van der Waals surface area contributed by atoms with Gasteiger partial charge in [-0.15, -0.1) is 0 Å². The predicted molar refractivity (Wildman–Crippen MR) is 69.7 cm³/mol. The summed E-state index contributed by atoms with van der Waals surface area (Å²) in [6.07, 6.45) is 1.20. The predicted octanol–water partition coefficient (Wildman–Crippen LogP) is 3.11. The van der Waals surface area contributed by atoms with Crippen LogP contribution < -0.4 is 5.32 Å². The number of hydrogen-bond donors (Lipinski definition) is 1. The van der Waals surface area contributed by atoms with E-state index >= 15 is 0 Å². The van der Waals surface area contributed by atoms with E-state index in [0.29, 0.717) is 0 Å². The zero-order valence-corrected chi connectivity index (χ0v) is 10.8. The van der Waals surface area contributed by atoms with Gasteiger partial charge in [-0.2, -0.15) is 11.3 Å². The molecule has 0 amide bonds. The smallest absolute Gasteiger partial charge is 0.157 e. The summed E-state index contributed by atoms with van der Waals surface area (Å²) >= 11 is 3.56. The lowest BCUT2D eigenvalue weighted by atomic mass is 10.0. The van der Waals surface area contributed by atoms with Gasteiger partial charge in [0.25, 0.3) is 0 Å². The Morgan fingerprint density at radius 1 is 1.53 bits per heavy atom. The second-order valence-corrected chi connectivity index (χ2v) is 6.22. The minimum Gasteiger partial charge on any atom is -0.360 e. The molecule has 1 aliphatic heterocycles. The molecule has 1 N–H and O–H groups in total. The lowest BCUT2D eigenvalue weighted by Gasteiger charge is -2.32. The van der Waals surface area contributed by atoms with Crippen LogP contribution in [0.15, 0.2) is 21.8 Å². The lowest BCUT2D eigenvalue weighted by molar-refractivity contribution is 0.446. The molecule has 82 valence electrons. The van der Waals surface area contributed by atoms with E-state index in [4.69, 9.17) is 0 Å². The van der Waals surface area contributed by atoms with Crippen LogP contribution in [0.1, 0.15) is 25.8 Å². The number of hydrogen-bond acceptors (Lipinski definition) is 3. The van der Waals surface area contributed by atoms with Gasteiger partial charge in [0.1, 0.15) is 0 Å². The van der Waals surface area contributed by atoms with Crippen molar-refractivity contribution in [3.05, 3.63) is 22.4 Å². The van der Waals surface area contributed by atoms with Crippen LogP contribution in [0.25, 0.3) is 0 Å². The van der Waals surface area contributed by atoms with E-state index in [1.54, 1.807) is 11.3 Å². The Morgan fingerprint density at radius 3 is 3.07 bits per heavy atom. The molecule has 1 aromatic rings. The third-order valence-electron chi connectivity index (χ3n) is 2.40. The molecule has 0 radical (unpaired) electrons. The van der Waals surface area contributed by atoms with Crippen molar-refractivity contribution >= 4 is 28.3 Å². The summed E-state index contributed by atoms with van der Waals surface area (Å²) in [6.45, 7) is 5.26. The number of thiophene rings is 1. The second kappa shape index (κ2) is 4.58. The van der Waals surface area contributed by atoms with Crippen LogP contribution in [-0.4, -0.2) is 16.5 Å². The standard InChI is InChI=1S/C11H16N2S2/c1-11(2)4-6-15-10(13-11)12-7-9-3-5-14-8-9/h3,5,8H,4,6-7H2,1-2H3,(H,12,13). The third kappa shape index (κ3) is 3.24. The van der Waals surface area contributed by atoms with Crippen LogP contribution in [0.2, 0.25) is 0 Å². The van der Waals surface area contributed by atoms with Gasteiger partial charge < -0.3 is 5.32 Å². The minimum atomic E-state index is 0.207. The Kier molecular flexibility index (Phi) is 3.36. The molecule has 0 bridgehead atoms. The highest BCUT2D eigenvalue weighted by molar-refractivity contribution is 8.13. The molecule has 0 atom stereocenters. The molecule has 4 heteroatoms. The summed E-state index contributed by atoms with van der Waals surface area (Å²) in [7, 11) is 0. The first-order valence-electron chi connectivity index (χ1n) is 5.12. The highest BCUT2D eigenvalue weighted by Gasteiger charge is 2.23. The van der Waals surface area contributed by atoms with Crippen molar-refractivity contribution in [1.82, 2.24) is 5.32 Å². The van der Waals surface area contributed by atoms with Crippen molar-refractivity contribution in [3.63, 3.8) is 0 Å². The van der Waals surface area contributed by atoms with Crippen LogP contribution in [0, 0.1) is 0 Å². The molecule has 15 heavy (non-hydrogen) atoms. The van der Waals surface area contributed by atoms with Crippen molar-refractivity contribution in [2.45, 2.75) is 32.4 Å². The first-order valence-corrected chi connectivity index (χ1v) is 7.05. The molecular formula is C11H16N2S2. The van der Waals surface area contributed by atoms with Crippen molar-refractivity contribution in [2.24, 2.45) is 4.99 Å². The normalized spacial score (nSPS) is 22.7. The van der Waals surface area contributed by atoms with Crippen molar-refractivity contribution in [3.8, 4) is 0 Å². The maximum absolute atomic E-state index is 4.60. The topological polar surface area (TPSA) is 24.4 Å². The minimum absolute atomic E-state index is 0.207. The van der Waals surface area contributed by atoms with Gasteiger partial charge >= 0.3 is 0 Å². The SMILES string of the molecule is CC1(C)CCSC(=NCc2ccsc2)N1. The number of aliphatic imine (C=N–C) groups is 1. The number of nitrogens with zero attached hydrogens (tertiary/aromatic N) is 1. The molecule has 2 nitrogen and oxygen atoms in total. The molecule has 1 saturated heterocycles. The number of thioether (sulfide) groups is 1. The Balaban J connectivity index is 1.95. The average Bonchev–Trinajstić information content (AvgIpc) is 2.65. The number of amidine groups is 1. The van der Waals surface area contributed by atoms with Crippen LogP contribution in [0.3, 0.4) is 0 Å². The van der Waals surface area contributed by atoms with Gasteiger partial charge in [0.2, 0.25) is 0 Å². The molecule has 1 aliphatic rings. The first-order chi connectivity index (χ1) is 7.16. The fourth-order valence-corrected chi connectivity index (χ4v) is 3.39. The monoisotopic (exact) mass is 240 g/mol. The summed E-state index contributed by atoms with van der Waals surface area (Å²) in [4.78, 5) is 4.60. The molecule has 0 spiro atoms. The van der Waals surface area contributed by atoms with E-state index in [0.717, 1.165) is 11.7 Å². The van der Waals surface area contributed by atoms with E-state index in [1.807, 2.05) is 11.8 Å². The fraction of sp³-hybridized carbons (Fsp3) is 0.545. The van der Waals surface area contributed by atoms with Gasteiger partial charge in [-0.05, 0) is 42.7 Å². The molecule has 0 saturated carbocycles. The molecule has 2 heterocycles. The Morgan fingerprint density at radius 2 is 2.40 bits per heavy atom. The molecule has 0 aliphatic carbocycles.